The number of hydrogen-bond donors (Lipinski definition) is 1. The summed E-state index contributed by atoms with van der Waals surface area (Å²) in [7, 11) is 0. The lowest BCUT2D eigenvalue weighted by molar-refractivity contribution is -0.116. The van der Waals surface area contributed by atoms with Gasteiger partial charge in [0, 0.05) is 0 Å². The Kier molecular flexibility index (Phi) is 4.00. The second kappa shape index (κ2) is 6.34. The molecule has 6 nitrogen and oxygen atoms in total. The number of amides is 1. The van der Waals surface area contributed by atoms with Gasteiger partial charge in [-0.25, -0.2) is 9.97 Å². The van der Waals surface area contributed by atoms with Crippen molar-refractivity contribution in [2.75, 3.05) is 5.32 Å². The van der Waals surface area contributed by atoms with E-state index in [1.165, 1.54) is 15.9 Å². The summed E-state index contributed by atoms with van der Waals surface area (Å²) in [6, 6.07) is 13.2. The predicted molar refractivity (Wildman–Crippen MR) is 104 cm³/mol. The molecule has 0 saturated carbocycles. The molecular formula is C19H16N4O2S. The molecule has 0 fully saturated rings. The SMILES string of the molecule is Cc1ccc2nc(NC(=O)Cn3c(=O)c(C)nc4ccccc43)sc2c1. The van der Waals surface area contributed by atoms with Gasteiger partial charge in [0.1, 0.15) is 12.2 Å². The Morgan fingerprint density at radius 1 is 1.12 bits per heavy atom. The molecule has 26 heavy (non-hydrogen) atoms. The van der Waals surface area contributed by atoms with E-state index < -0.39 is 0 Å². The molecule has 0 aliphatic carbocycles. The fraction of sp³-hybridized carbons (Fsp3) is 0.158. The van der Waals surface area contributed by atoms with Gasteiger partial charge in [-0.1, -0.05) is 29.5 Å². The number of rotatable bonds is 3. The zero-order valence-electron chi connectivity index (χ0n) is 14.3. The van der Waals surface area contributed by atoms with Gasteiger partial charge in [-0.05, 0) is 43.7 Å². The van der Waals surface area contributed by atoms with Gasteiger partial charge in [0.2, 0.25) is 5.91 Å². The van der Waals surface area contributed by atoms with Crippen molar-refractivity contribution in [2.24, 2.45) is 0 Å². The number of nitrogens with zero attached hydrogens (tertiary/aromatic N) is 3. The second-order valence-corrected chi connectivity index (χ2v) is 7.15. The molecule has 0 unspecified atom stereocenters. The maximum Gasteiger partial charge on any atom is 0.272 e. The van der Waals surface area contributed by atoms with Crippen molar-refractivity contribution in [3.05, 3.63) is 64.1 Å². The van der Waals surface area contributed by atoms with Gasteiger partial charge in [0.25, 0.3) is 5.56 Å². The summed E-state index contributed by atoms with van der Waals surface area (Å²) in [6.45, 7) is 3.58. The average Bonchev–Trinajstić information content (AvgIpc) is 3.00. The molecule has 0 aliphatic heterocycles. The lowest BCUT2D eigenvalue weighted by Crippen LogP contribution is -2.30. The van der Waals surface area contributed by atoms with Crippen LogP contribution in [0.2, 0.25) is 0 Å². The van der Waals surface area contributed by atoms with Crippen LogP contribution in [0, 0.1) is 13.8 Å². The summed E-state index contributed by atoms with van der Waals surface area (Å²) in [4.78, 5) is 33.7. The minimum absolute atomic E-state index is 0.0857. The fourth-order valence-electron chi connectivity index (χ4n) is 2.86. The number of benzene rings is 2. The first-order valence-corrected chi connectivity index (χ1v) is 8.96. The van der Waals surface area contributed by atoms with Crippen LogP contribution in [-0.4, -0.2) is 20.4 Å². The van der Waals surface area contributed by atoms with E-state index in [0.717, 1.165) is 15.8 Å². The summed E-state index contributed by atoms with van der Waals surface area (Å²) in [5.74, 6) is -0.293. The third-order valence-corrected chi connectivity index (χ3v) is 5.04. The molecule has 2 aromatic heterocycles. The summed E-state index contributed by atoms with van der Waals surface area (Å²) in [5, 5.41) is 3.33. The van der Waals surface area contributed by atoms with E-state index in [9.17, 15) is 9.59 Å². The third kappa shape index (κ3) is 2.97. The molecule has 130 valence electrons. The molecule has 0 spiro atoms. The monoisotopic (exact) mass is 364 g/mol. The van der Waals surface area contributed by atoms with Crippen LogP contribution in [0.3, 0.4) is 0 Å². The molecule has 0 aliphatic rings. The highest BCUT2D eigenvalue weighted by Crippen LogP contribution is 2.26. The molecule has 0 saturated heterocycles. The first-order chi connectivity index (χ1) is 12.5. The molecule has 2 aromatic carbocycles. The molecule has 4 aromatic rings. The minimum Gasteiger partial charge on any atom is -0.300 e. The Balaban J connectivity index is 1.65. The summed E-state index contributed by atoms with van der Waals surface area (Å²) in [5.41, 5.74) is 3.42. The molecule has 1 N–H and O–H groups in total. The number of fused-ring (bicyclic) bond motifs is 2. The highest BCUT2D eigenvalue weighted by atomic mass is 32.1. The van der Waals surface area contributed by atoms with Gasteiger partial charge in [-0.15, -0.1) is 0 Å². The maximum atomic E-state index is 12.5. The molecule has 1 amide bonds. The van der Waals surface area contributed by atoms with E-state index in [2.05, 4.69) is 15.3 Å². The minimum atomic E-state index is -0.293. The zero-order valence-corrected chi connectivity index (χ0v) is 15.1. The smallest absolute Gasteiger partial charge is 0.272 e. The summed E-state index contributed by atoms with van der Waals surface area (Å²) < 4.78 is 2.47. The van der Waals surface area contributed by atoms with Gasteiger partial charge in [0.05, 0.1) is 21.3 Å². The van der Waals surface area contributed by atoms with Crippen molar-refractivity contribution in [2.45, 2.75) is 20.4 Å². The highest BCUT2D eigenvalue weighted by molar-refractivity contribution is 7.22. The van der Waals surface area contributed by atoms with Crippen molar-refractivity contribution in [1.29, 1.82) is 0 Å². The number of aryl methyl sites for hydroxylation is 2. The third-order valence-electron chi connectivity index (χ3n) is 4.11. The molecule has 0 bridgehead atoms. The quantitative estimate of drug-likeness (QED) is 0.605. The Hall–Kier alpha value is -3.06. The normalized spacial score (nSPS) is 11.2. The van der Waals surface area contributed by atoms with Crippen molar-refractivity contribution < 1.29 is 4.79 Å². The highest BCUT2D eigenvalue weighted by Gasteiger charge is 2.13. The Bertz CT molecular complexity index is 1210. The van der Waals surface area contributed by atoms with Gasteiger partial charge >= 0.3 is 0 Å². The molecule has 7 heteroatoms. The lowest BCUT2D eigenvalue weighted by atomic mass is 10.2. The van der Waals surface area contributed by atoms with Gasteiger partial charge in [-0.2, -0.15) is 0 Å². The predicted octanol–water partition coefficient (Wildman–Crippen LogP) is 3.26. The average molecular weight is 364 g/mol. The zero-order chi connectivity index (χ0) is 18.3. The van der Waals surface area contributed by atoms with Gasteiger partial charge < -0.3 is 5.32 Å². The van der Waals surface area contributed by atoms with Crippen LogP contribution < -0.4 is 10.9 Å². The van der Waals surface area contributed by atoms with E-state index in [4.69, 9.17) is 0 Å². The number of carbonyl (C=O) groups excluding carboxylic acids is 1. The van der Waals surface area contributed by atoms with Crippen LogP contribution in [0.25, 0.3) is 21.3 Å². The topological polar surface area (TPSA) is 76.9 Å². The summed E-state index contributed by atoms with van der Waals surface area (Å²) >= 11 is 1.42. The lowest BCUT2D eigenvalue weighted by Gasteiger charge is -2.10. The van der Waals surface area contributed by atoms with Crippen LogP contribution >= 0.6 is 11.3 Å². The van der Waals surface area contributed by atoms with Crippen molar-refractivity contribution in [1.82, 2.24) is 14.5 Å². The van der Waals surface area contributed by atoms with Gasteiger partial charge in [-0.3, -0.25) is 14.2 Å². The molecule has 0 radical (unpaired) electrons. The van der Waals surface area contributed by atoms with E-state index in [1.807, 2.05) is 43.3 Å². The number of hydrogen-bond acceptors (Lipinski definition) is 5. The van der Waals surface area contributed by atoms with Crippen LogP contribution in [0.5, 0.6) is 0 Å². The fourth-order valence-corrected chi connectivity index (χ4v) is 3.85. The Morgan fingerprint density at radius 2 is 1.92 bits per heavy atom. The van der Waals surface area contributed by atoms with Crippen molar-refractivity contribution in [3.63, 3.8) is 0 Å². The number of thiazole rings is 1. The van der Waals surface area contributed by atoms with E-state index >= 15 is 0 Å². The second-order valence-electron chi connectivity index (χ2n) is 6.12. The number of nitrogens with one attached hydrogen (secondary N) is 1. The Morgan fingerprint density at radius 3 is 2.77 bits per heavy atom. The van der Waals surface area contributed by atoms with E-state index in [0.29, 0.717) is 21.9 Å². The summed E-state index contributed by atoms with van der Waals surface area (Å²) in [6.07, 6.45) is 0. The largest absolute Gasteiger partial charge is 0.300 e. The number of para-hydroxylation sites is 2. The molecule has 2 heterocycles. The van der Waals surface area contributed by atoms with Crippen molar-refractivity contribution in [3.8, 4) is 0 Å². The van der Waals surface area contributed by atoms with Gasteiger partial charge in [0.15, 0.2) is 5.13 Å². The molecule has 0 atom stereocenters. The van der Waals surface area contributed by atoms with E-state index in [-0.39, 0.29) is 18.0 Å². The van der Waals surface area contributed by atoms with Crippen LogP contribution in [0.4, 0.5) is 5.13 Å². The number of anilines is 1. The molecule has 4 rings (SSSR count). The maximum absolute atomic E-state index is 12.5. The first kappa shape index (κ1) is 16.4. The van der Waals surface area contributed by atoms with Crippen LogP contribution in [0.1, 0.15) is 11.3 Å². The first-order valence-electron chi connectivity index (χ1n) is 8.14. The van der Waals surface area contributed by atoms with Crippen LogP contribution in [0.15, 0.2) is 47.3 Å². The molecular weight excluding hydrogens is 348 g/mol. The Labute approximate surface area is 153 Å². The number of carbonyl (C=O) groups is 1. The van der Waals surface area contributed by atoms with Crippen molar-refractivity contribution >= 4 is 43.6 Å². The van der Waals surface area contributed by atoms with E-state index in [1.54, 1.807) is 13.0 Å². The van der Waals surface area contributed by atoms with Crippen LogP contribution in [-0.2, 0) is 11.3 Å². The number of aromatic nitrogens is 3. The standard InChI is InChI=1S/C19H16N4O2S/c1-11-7-8-14-16(9-11)26-19(21-14)22-17(24)10-23-15-6-4-3-5-13(15)20-12(2)18(23)25/h3-9H,10H2,1-2H3,(H,21,22,24).